The second-order valence-corrected chi connectivity index (χ2v) is 7.52. The van der Waals surface area contributed by atoms with Crippen LogP contribution < -0.4 is 0 Å². The highest BCUT2D eigenvalue weighted by atomic mass is 35.5. The van der Waals surface area contributed by atoms with Crippen molar-refractivity contribution in [1.82, 2.24) is 24.4 Å². The van der Waals surface area contributed by atoms with Gasteiger partial charge in [-0.15, -0.1) is 5.10 Å². The first-order valence-corrected chi connectivity index (χ1v) is 9.22. The third-order valence-corrected chi connectivity index (χ3v) is 4.65. The average molecular weight is 390 g/mol. The van der Waals surface area contributed by atoms with Crippen LogP contribution in [0.25, 0.3) is 17.2 Å². The summed E-state index contributed by atoms with van der Waals surface area (Å²) in [5, 5.41) is 5.12. The minimum Gasteiger partial charge on any atom is -0.416 e. The number of nitrogens with zero attached hydrogens (tertiary/aromatic N) is 5. The molecular formula is C19H24ClN5O2. The van der Waals surface area contributed by atoms with E-state index in [4.69, 9.17) is 16.0 Å². The normalized spacial score (nSPS) is 11.7. The first kappa shape index (κ1) is 19.4. The van der Waals surface area contributed by atoms with Gasteiger partial charge in [0.2, 0.25) is 5.76 Å². The number of carbonyl (C=O) groups excluding carboxylic acids is 1. The number of likely N-dealkylation sites (N-methyl/N-ethyl adjacent to an activating group) is 2. The highest BCUT2D eigenvalue weighted by Crippen LogP contribution is 2.29. The topological polar surface area (TPSA) is 66.9 Å². The van der Waals surface area contributed by atoms with Crippen LogP contribution in [0.1, 0.15) is 36.0 Å². The van der Waals surface area contributed by atoms with Gasteiger partial charge in [0, 0.05) is 25.7 Å². The summed E-state index contributed by atoms with van der Waals surface area (Å²) >= 11 is 6.25. The lowest BCUT2D eigenvalue weighted by molar-refractivity contribution is 0.0754. The van der Waals surface area contributed by atoms with E-state index in [0.717, 1.165) is 12.1 Å². The minimum atomic E-state index is -0.174. The number of amides is 1. The Labute approximate surface area is 163 Å². The molecule has 0 N–H and O–H groups in total. The molecule has 0 spiro atoms. The fraction of sp³-hybridized carbons (Fsp3) is 0.421. The zero-order chi connectivity index (χ0) is 19.7. The molecule has 0 saturated carbocycles. The molecule has 144 valence electrons. The summed E-state index contributed by atoms with van der Waals surface area (Å²) < 4.78 is 7.44. The van der Waals surface area contributed by atoms with Crippen molar-refractivity contribution in [2.45, 2.75) is 19.8 Å². The van der Waals surface area contributed by atoms with Crippen molar-refractivity contribution >= 4 is 23.4 Å². The molecule has 0 aliphatic carbocycles. The van der Waals surface area contributed by atoms with Crippen LogP contribution in [0.15, 0.2) is 28.7 Å². The molecule has 0 unspecified atom stereocenters. The number of benzene rings is 1. The molecule has 0 bridgehead atoms. The Bertz CT molecular complexity index is 960. The smallest absolute Gasteiger partial charge is 0.325 e. The summed E-state index contributed by atoms with van der Waals surface area (Å²) in [6.45, 7) is 5.37. The number of hydrogen-bond donors (Lipinski definition) is 0. The molecule has 3 rings (SSSR count). The van der Waals surface area contributed by atoms with Gasteiger partial charge in [0.05, 0.1) is 10.7 Å². The SMILES string of the molecule is CC(C)c1c(C(=O)N(C)CCN(C)C)oc2nc(-c3ccccc3Cl)nn12. The zero-order valence-corrected chi connectivity index (χ0v) is 17.0. The zero-order valence-electron chi connectivity index (χ0n) is 16.2. The second-order valence-electron chi connectivity index (χ2n) is 7.11. The van der Waals surface area contributed by atoms with Gasteiger partial charge in [-0.2, -0.15) is 9.50 Å². The summed E-state index contributed by atoms with van der Waals surface area (Å²) in [6.07, 6.45) is 0. The van der Waals surface area contributed by atoms with Crippen LogP contribution in [0.5, 0.6) is 0 Å². The van der Waals surface area contributed by atoms with E-state index in [-0.39, 0.29) is 23.4 Å². The summed E-state index contributed by atoms with van der Waals surface area (Å²) in [6, 6.07) is 7.37. The van der Waals surface area contributed by atoms with Gasteiger partial charge in [0.15, 0.2) is 5.82 Å². The van der Waals surface area contributed by atoms with Gasteiger partial charge in [-0.1, -0.05) is 37.6 Å². The van der Waals surface area contributed by atoms with Crippen molar-refractivity contribution in [1.29, 1.82) is 0 Å². The van der Waals surface area contributed by atoms with Crippen LogP contribution in [-0.2, 0) is 0 Å². The van der Waals surface area contributed by atoms with E-state index in [9.17, 15) is 4.79 Å². The van der Waals surface area contributed by atoms with E-state index >= 15 is 0 Å². The Kier molecular flexibility index (Phi) is 5.53. The number of oxazole rings is 1. The van der Waals surface area contributed by atoms with Crippen molar-refractivity contribution < 1.29 is 9.21 Å². The lowest BCUT2D eigenvalue weighted by Gasteiger charge is -2.19. The Morgan fingerprint density at radius 1 is 1.22 bits per heavy atom. The number of carbonyl (C=O) groups is 1. The molecule has 2 aromatic heterocycles. The number of halogens is 1. The highest BCUT2D eigenvalue weighted by Gasteiger charge is 2.28. The van der Waals surface area contributed by atoms with Gasteiger partial charge in [-0.3, -0.25) is 4.79 Å². The Morgan fingerprint density at radius 3 is 2.56 bits per heavy atom. The summed E-state index contributed by atoms with van der Waals surface area (Å²) in [5.41, 5.74) is 1.43. The fourth-order valence-electron chi connectivity index (χ4n) is 2.80. The van der Waals surface area contributed by atoms with E-state index in [1.54, 1.807) is 22.5 Å². The third kappa shape index (κ3) is 3.84. The lowest BCUT2D eigenvalue weighted by Crippen LogP contribution is -2.33. The van der Waals surface area contributed by atoms with Crippen molar-refractivity contribution in [3.8, 4) is 11.4 Å². The summed E-state index contributed by atoms with van der Waals surface area (Å²) in [5.74, 6) is 0.909. The first-order valence-electron chi connectivity index (χ1n) is 8.84. The van der Waals surface area contributed by atoms with Crippen LogP contribution >= 0.6 is 11.6 Å². The first-order chi connectivity index (χ1) is 12.8. The molecule has 27 heavy (non-hydrogen) atoms. The monoisotopic (exact) mass is 389 g/mol. The third-order valence-electron chi connectivity index (χ3n) is 4.32. The van der Waals surface area contributed by atoms with Gasteiger partial charge in [-0.05, 0) is 32.1 Å². The number of fused-ring (bicyclic) bond motifs is 1. The maximum atomic E-state index is 12.9. The molecule has 0 atom stereocenters. The van der Waals surface area contributed by atoms with Gasteiger partial charge < -0.3 is 14.2 Å². The molecule has 0 aliphatic heterocycles. The predicted molar refractivity (Wildman–Crippen MR) is 105 cm³/mol. The molecule has 1 amide bonds. The lowest BCUT2D eigenvalue weighted by atomic mass is 10.1. The molecule has 0 aliphatic rings. The predicted octanol–water partition coefficient (Wildman–Crippen LogP) is 3.40. The van der Waals surface area contributed by atoms with Gasteiger partial charge in [-0.25, -0.2) is 0 Å². The number of aromatic nitrogens is 3. The fourth-order valence-corrected chi connectivity index (χ4v) is 3.02. The highest BCUT2D eigenvalue weighted by molar-refractivity contribution is 6.33. The maximum Gasteiger partial charge on any atom is 0.325 e. The van der Waals surface area contributed by atoms with Gasteiger partial charge in [0.1, 0.15) is 0 Å². The molecule has 0 saturated heterocycles. The molecule has 0 fully saturated rings. The van der Waals surface area contributed by atoms with Crippen molar-refractivity contribution in [3.05, 3.63) is 40.7 Å². The molecule has 1 aromatic carbocycles. The average Bonchev–Trinajstić information content (AvgIpc) is 3.16. The van der Waals surface area contributed by atoms with Crippen molar-refractivity contribution in [3.63, 3.8) is 0 Å². The van der Waals surface area contributed by atoms with E-state index in [0.29, 0.717) is 23.1 Å². The Hall–Kier alpha value is -2.38. The maximum absolute atomic E-state index is 12.9. The largest absolute Gasteiger partial charge is 0.416 e. The Balaban J connectivity index is 2.00. The standard InChI is InChI=1S/C19H24ClN5O2/c1-12(2)15-16(18(26)24(5)11-10-23(3)4)27-19-21-17(22-25(15)19)13-8-6-7-9-14(13)20/h6-9,12H,10-11H2,1-5H3. The van der Waals surface area contributed by atoms with Crippen molar-refractivity contribution in [2.24, 2.45) is 0 Å². The van der Waals surface area contributed by atoms with Crippen LogP contribution in [-0.4, -0.2) is 64.5 Å². The molecule has 7 nitrogen and oxygen atoms in total. The van der Waals surface area contributed by atoms with Crippen molar-refractivity contribution in [2.75, 3.05) is 34.2 Å². The molecule has 2 heterocycles. The number of hydrogen-bond acceptors (Lipinski definition) is 5. The van der Waals surface area contributed by atoms with Gasteiger partial charge >= 0.3 is 5.84 Å². The van der Waals surface area contributed by atoms with Crippen LogP contribution in [0.4, 0.5) is 0 Å². The van der Waals surface area contributed by atoms with E-state index in [1.807, 2.05) is 51.0 Å². The molecule has 0 radical (unpaired) electrons. The van der Waals surface area contributed by atoms with Crippen LogP contribution in [0.2, 0.25) is 5.02 Å². The Morgan fingerprint density at radius 2 is 1.93 bits per heavy atom. The molecular weight excluding hydrogens is 366 g/mol. The van der Waals surface area contributed by atoms with E-state index in [1.165, 1.54) is 0 Å². The number of rotatable bonds is 6. The van der Waals surface area contributed by atoms with E-state index < -0.39 is 0 Å². The summed E-state index contributed by atoms with van der Waals surface area (Å²) in [4.78, 5) is 21.0. The minimum absolute atomic E-state index is 0.0354. The quantitative estimate of drug-likeness (QED) is 0.646. The van der Waals surface area contributed by atoms with E-state index in [2.05, 4.69) is 10.1 Å². The second kappa shape index (κ2) is 7.70. The van der Waals surface area contributed by atoms with Gasteiger partial charge in [0.25, 0.3) is 5.91 Å². The molecule has 3 aromatic rings. The molecule has 8 heteroatoms. The van der Waals surface area contributed by atoms with Crippen LogP contribution in [0.3, 0.4) is 0 Å². The van der Waals surface area contributed by atoms with Crippen LogP contribution in [0, 0.1) is 0 Å². The summed E-state index contributed by atoms with van der Waals surface area (Å²) in [7, 11) is 5.71.